The van der Waals surface area contributed by atoms with Gasteiger partial charge in [-0.05, 0) is 52.0 Å². The highest BCUT2D eigenvalue weighted by molar-refractivity contribution is 9.10. The van der Waals surface area contributed by atoms with Crippen LogP contribution in [-0.2, 0) is 16.0 Å². The van der Waals surface area contributed by atoms with Crippen molar-refractivity contribution in [2.45, 2.75) is 26.3 Å². The number of alkyl carbamates (subject to hydrolysis) is 1. The number of aromatic nitrogens is 1. The summed E-state index contributed by atoms with van der Waals surface area (Å²) in [6.07, 6.45) is 3.93. The predicted octanol–water partition coefficient (Wildman–Crippen LogP) is 6.31. The van der Waals surface area contributed by atoms with Crippen molar-refractivity contribution in [3.63, 3.8) is 0 Å². The van der Waals surface area contributed by atoms with E-state index in [1.165, 1.54) is 0 Å². The van der Waals surface area contributed by atoms with Crippen LogP contribution in [0, 0.1) is 0 Å². The lowest BCUT2D eigenvalue weighted by Crippen LogP contribution is -2.39. The van der Waals surface area contributed by atoms with Crippen LogP contribution >= 0.6 is 15.9 Å². The van der Waals surface area contributed by atoms with Gasteiger partial charge < -0.3 is 19.7 Å². The molecule has 4 rings (SSSR count). The van der Waals surface area contributed by atoms with Gasteiger partial charge in [-0.2, -0.15) is 0 Å². The number of hydrogen-bond donors (Lipinski definition) is 2. The molecule has 0 saturated carbocycles. The number of ether oxygens (including phenoxy) is 2. The second-order valence-electron chi connectivity index (χ2n) is 9.48. The molecule has 42 heavy (non-hydrogen) atoms. The van der Waals surface area contributed by atoms with E-state index in [1.807, 2.05) is 89.8 Å². The molecule has 0 spiro atoms. The molecule has 9 nitrogen and oxygen atoms in total. The second-order valence-corrected chi connectivity index (χ2v) is 10.4. The summed E-state index contributed by atoms with van der Waals surface area (Å²) in [6, 6.07) is 24.4. The summed E-state index contributed by atoms with van der Waals surface area (Å²) in [5.74, 6) is -0.199. The zero-order valence-corrected chi connectivity index (χ0v) is 25.0. The van der Waals surface area contributed by atoms with Crippen LogP contribution in [0.15, 0.2) is 95.7 Å². The van der Waals surface area contributed by atoms with E-state index in [0.29, 0.717) is 23.4 Å². The smallest absolute Gasteiger partial charge is 0.411 e. The van der Waals surface area contributed by atoms with E-state index in [9.17, 15) is 14.4 Å². The lowest BCUT2D eigenvalue weighted by Gasteiger charge is -2.22. The summed E-state index contributed by atoms with van der Waals surface area (Å²) in [7, 11) is 0. The van der Waals surface area contributed by atoms with Gasteiger partial charge >= 0.3 is 12.2 Å². The number of halogens is 1. The number of amides is 3. The second kappa shape index (κ2) is 15.5. The highest BCUT2D eigenvalue weighted by Crippen LogP contribution is 2.23. The van der Waals surface area contributed by atoms with Crippen LogP contribution in [0.1, 0.15) is 30.1 Å². The fourth-order valence-electron chi connectivity index (χ4n) is 4.40. The van der Waals surface area contributed by atoms with Crippen LogP contribution in [0.25, 0.3) is 10.8 Å². The number of carbonyl (C=O) groups excluding carboxylic acids is 3. The Morgan fingerprint density at radius 2 is 1.62 bits per heavy atom. The summed E-state index contributed by atoms with van der Waals surface area (Å²) >= 11 is 3.49. The lowest BCUT2D eigenvalue weighted by atomic mass is 10.1. The Labute approximate surface area is 253 Å². The van der Waals surface area contributed by atoms with Crippen LogP contribution in [-0.4, -0.2) is 44.4 Å². The number of nitrogens with one attached hydrogen (secondary N) is 2. The number of pyridine rings is 1. The summed E-state index contributed by atoms with van der Waals surface area (Å²) < 4.78 is 13.4. The number of anilines is 2. The van der Waals surface area contributed by atoms with Crippen molar-refractivity contribution >= 4 is 56.2 Å². The zero-order valence-electron chi connectivity index (χ0n) is 23.4. The standard InChI is InChI=1S/C32H33BrN4O5/c1-2-17-36-22-25(21-26(33)23-36)30(38)37(27-12-4-3-5-13-27)18-20-42-31(39)34-16-9-19-41-32(40)35-29-15-8-11-24-10-6-7-14-28(24)29/h3-8,10-15,21-23H,2,9,16-20H2,1H3,(H-,34,35,39,40)/p+1. The summed E-state index contributed by atoms with van der Waals surface area (Å²) in [4.78, 5) is 39.6. The zero-order chi connectivity index (χ0) is 29.7. The van der Waals surface area contributed by atoms with Crippen molar-refractivity contribution in [2.24, 2.45) is 0 Å². The average Bonchev–Trinajstić information content (AvgIpc) is 2.99. The molecule has 0 radical (unpaired) electrons. The van der Waals surface area contributed by atoms with Crippen molar-refractivity contribution in [2.75, 3.05) is 36.5 Å². The van der Waals surface area contributed by atoms with E-state index in [-0.39, 0.29) is 32.2 Å². The minimum Gasteiger partial charge on any atom is -0.449 e. The molecule has 0 aliphatic heterocycles. The first-order valence-electron chi connectivity index (χ1n) is 13.8. The largest absolute Gasteiger partial charge is 0.449 e. The van der Waals surface area contributed by atoms with Gasteiger partial charge in [0.25, 0.3) is 5.91 Å². The monoisotopic (exact) mass is 633 g/mol. The molecule has 2 N–H and O–H groups in total. The third-order valence-corrected chi connectivity index (χ3v) is 6.76. The number of nitrogens with zero attached hydrogens (tertiary/aromatic N) is 2. The summed E-state index contributed by atoms with van der Waals surface area (Å²) in [5.41, 5.74) is 1.89. The maximum Gasteiger partial charge on any atom is 0.411 e. The Morgan fingerprint density at radius 3 is 2.43 bits per heavy atom. The third-order valence-electron chi connectivity index (χ3n) is 6.33. The van der Waals surface area contributed by atoms with Crippen LogP contribution in [0.5, 0.6) is 0 Å². The molecule has 0 aliphatic carbocycles. The number of benzene rings is 3. The van der Waals surface area contributed by atoms with Gasteiger partial charge in [0.1, 0.15) is 18.7 Å². The van der Waals surface area contributed by atoms with E-state index in [0.717, 1.165) is 28.2 Å². The molecule has 0 fully saturated rings. The van der Waals surface area contributed by atoms with Crippen molar-refractivity contribution in [1.82, 2.24) is 5.32 Å². The van der Waals surface area contributed by atoms with Gasteiger partial charge in [-0.15, -0.1) is 0 Å². The fraction of sp³-hybridized carbons (Fsp3) is 0.250. The number of aryl methyl sites for hydroxylation is 1. The molecule has 10 heteroatoms. The predicted molar refractivity (Wildman–Crippen MR) is 166 cm³/mol. The van der Waals surface area contributed by atoms with Crippen molar-refractivity contribution in [1.29, 1.82) is 0 Å². The van der Waals surface area contributed by atoms with Gasteiger partial charge in [0.05, 0.1) is 23.3 Å². The summed E-state index contributed by atoms with van der Waals surface area (Å²) in [5, 5.41) is 7.35. The quantitative estimate of drug-likeness (QED) is 0.141. The van der Waals surface area contributed by atoms with E-state index >= 15 is 0 Å². The average molecular weight is 635 g/mol. The highest BCUT2D eigenvalue weighted by atomic mass is 79.9. The molecular formula is C32H34BrN4O5+. The summed E-state index contributed by atoms with van der Waals surface area (Å²) in [6.45, 7) is 3.42. The van der Waals surface area contributed by atoms with Gasteiger partial charge in [0, 0.05) is 24.0 Å². The van der Waals surface area contributed by atoms with Crippen LogP contribution < -0.4 is 20.1 Å². The Hall–Kier alpha value is -4.44. The first kappa shape index (κ1) is 30.5. The number of fused-ring (bicyclic) bond motifs is 1. The maximum atomic E-state index is 13.5. The molecule has 3 aromatic carbocycles. The van der Waals surface area contributed by atoms with Crippen LogP contribution in [0.4, 0.5) is 21.0 Å². The SMILES string of the molecule is CCC[n+]1cc(Br)cc(C(=O)N(CCOC(=O)NCCCOC(=O)Nc2cccc3ccccc23)c2ccccc2)c1. The first-order valence-corrected chi connectivity index (χ1v) is 14.6. The molecule has 3 amide bonds. The molecule has 0 atom stereocenters. The number of hydrogen-bond acceptors (Lipinski definition) is 5. The molecule has 1 aromatic heterocycles. The van der Waals surface area contributed by atoms with Crippen molar-refractivity contribution in [3.8, 4) is 0 Å². The Kier molecular flexibility index (Phi) is 11.3. The van der Waals surface area contributed by atoms with Gasteiger partial charge in [0.2, 0.25) is 0 Å². The van der Waals surface area contributed by atoms with E-state index in [2.05, 4.69) is 33.5 Å². The molecule has 0 bridgehead atoms. The first-order chi connectivity index (χ1) is 20.4. The molecule has 0 saturated heterocycles. The topological polar surface area (TPSA) is 101 Å². The fourth-order valence-corrected chi connectivity index (χ4v) is 4.91. The Bertz CT molecular complexity index is 1510. The molecule has 1 heterocycles. The normalized spacial score (nSPS) is 10.6. The third kappa shape index (κ3) is 8.78. The molecule has 218 valence electrons. The Balaban J connectivity index is 1.21. The van der Waals surface area contributed by atoms with Gasteiger partial charge in [-0.1, -0.05) is 61.5 Å². The lowest BCUT2D eigenvalue weighted by molar-refractivity contribution is -0.697. The number of para-hydroxylation sites is 1. The molecule has 0 unspecified atom stereocenters. The van der Waals surface area contributed by atoms with Crippen molar-refractivity contribution < 1.29 is 28.4 Å². The minimum absolute atomic E-state index is 0.000626. The maximum absolute atomic E-state index is 13.5. The molecule has 0 aliphatic rings. The minimum atomic E-state index is -0.612. The van der Waals surface area contributed by atoms with Gasteiger partial charge in [0.15, 0.2) is 12.4 Å². The van der Waals surface area contributed by atoms with E-state index in [1.54, 1.807) is 11.0 Å². The van der Waals surface area contributed by atoms with Crippen molar-refractivity contribution in [3.05, 3.63) is 101 Å². The van der Waals surface area contributed by atoms with E-state index < -0.39 is 12.2 Å². The highest BCUT2D eigenvalue weighted by Gasteiger charge is 2.21. The molecule has 4 aromatic rings. The van der Waals surface area contributed by atoms with Gasteiger partial charge in [-0.25, -0.2) is 14.2 Å². The van der Waals surface area contributed by atoms with Crippen LogP contribution in [0.2, 0.25) is 0 Å². The number of rotatable bonds is 12. The Morgan fingerprint density at radius 1 is 0.881 bits per heavy atom. The molecular weight excluding hydrogens is 600 g/mol. The van der Waals surface area contributed by atoms with Gasteiger partial charge in [-0.3, -0.25) is 10.1 Å². The van der Waals surface area contributed by atoms with Crippen LogP contribution in [0.3, 0.4) is 0 Å². The van der Waals surface area contributed by atoms with E-state index in [4.69, 9.17) is 9.47 Å². The number of carbonyl (C=O) groups is 3.